The van der Waals surface area contributed by atoms with Crippen LogP contribution in [0.15, 0.2) is 53.0 Å². The molecule has 2 amide bonds. The summed E-state index contributed by atoms with van der Waals surface area (Å²) in [5.41, 5.74) is 1.81. The average Bonchev–Trinajstić information content (AvgIpc) is 2.95. The molecular formula is C23H25BrClN3O2. The van der Waals surface area contributed by atoms with Crippen molar-refractivity contribution in [3.8, 4) is 0 Å². The fourth-order valence-corrected chi connectivity index (χ4v) is 5.15. The van der Waals surface area contributed by atoms with E-state index in [4.69, 9.17) is 11.6 Å². The number of rotatable bonds is 6. The first-order valence-electron chi connectivity index (χ1n) is 10.3. The van der Waals surface area contributed by atoms with Gasteiger partial charge in [-0.15, -0.1) is 0 Å². The topological polar surface area (TPSA) is 61.4 Å². The van der Waals surface area contributed by atoms with Gasteiger partial charge in [-0.1, -0.05) is 45.7 Å². The Morgan fingerprint density at radius 1 is 1.07 bits per heavy atom. The Morgan fingerprint density at radius 3 is 2.43 bits per heavy atom. The van der Waals surface area contributed by atoms with Crippen molar-refractivity contribution in [3.63, 3.8) is 0 Å². The van der Waals surface area contributed by atoms with E-state index in [9.17, 15) is 9.59 Å². The van der Waals surface area contributed by atoms with Gasteiger partial charge in [-0.2, -0.15) is 0 Å². The van der Waals surface area contributed by atoms with Gasteiger partial charge in [0.25, 0.3) is 5.91 Å². The van der Waals surface area contributed by atoms with Crippen LogP contribution in [0.4, 0.5) is 0 Å². The molecule has 2 heterocycles. The van der Waals surface area contributed by atoms with Crippen molar-refractivity contribution < 1.29 is 9.59 Å². The van der Waals surface area contributed by atoms with Gasteiger partial charge in [-0.05, 0) is 61.6 Å². The summed E-state index contributed by atoms with van der Waals surface area (Å²) in [4.78, 5) is 27.2. The average molecular weight is 491 g/mol. The summed E-state index contributed by atoms with van der Waals surface area (Å²) in [5, 5.41) is 6.59. The van der Waals surface area contributed by atoms with Crippen LogP contribution in [0, 0.1) is 0 Å². The zero-order valence-corrected chi connectivity index (χ0v) is 19.0. The Kier molecular flexibility index (Phi) is 6.76. The predicted octanol–water partition coefficient (Wildman–Crippen LogP) is 4.14. The molecule has 30 heavy (non-hydrogen) atoms. The number of amides is 2. The molecular weight excluding hydrogens is 466 g/mol. The van der Waals surface area contributed by atoms with Crippen LogP contribution in [0.3, 0.4) is 0 Å². The SMILES string of the molecule is O=C(CNC(=O)c1cccc(Br)c1)NC1CC2CCC(C1)N2Cc1ccc(Cl)cc1. The molecule has 5 nitrogen and oxygen atoms in total. The number of hydrogen-bond acceptors (Lipinski definition) is 3. The van der Waals surface area contributed by atoms with Crippen LogP contribution >= 0.6 is 27.5 Å². The van der Waals surface area contributed by atoms with E-state index in [-0.39, 0.29) is 24.4 Å². The third kappa shape index (κ3) is 5.23. The molecule has 2 unspecified atom stereocenters. The Morgan fingerprint density at radius 2 is 1.77 bits per heavy atom. The van der Waals surface area contributed by atoms with E-state index in [0.717, 1.165) is 28.9 Å². The van der Waals surface area contributed by atoms with Crippen molar-refractivity contribution in [1.82, 2.24) is 15.5 Å². The van der Waals surface area contributed by atoms with Gasteiger partial charge in [0.1, 0.15) is 0 Å². The molecule has 2 aromatic carbocycles. The molecule has 2 aliphatic rings. The van der Waals surface area contributed by atoms with Crippen LogP contribution in [-0.2, 0) is 11.3 Å². The van der Waals surface area contributed by atoms with E-state index in [2.05, 4.69) is 43.6 Å². The molecule has 0 aliphatic carbocycles. The molecule has 2 bridgehead atoms. The van der Waals surface area contributed by atoms with Crippen molar-refractivity contribution in [2.45, 2.75) is 50.4 Å². The zero-order valence-electron chi connectivity index (χ0n) is 16.6. The number of benzene rings is 2. The van der Waals surface area contributed by atoms with Gasteiger partial charge in [0.05, 0.1) is 6.54 Å². The van der Waals surface area contributed by atoms with Gasteiger partial charge in [-0.25, -0.2) is 0 Å². The normalized spacial score (nSPS) is 23.2. The van der Waals surface area contributed by atoms with Gasteiger partial charge >= 0.3 is 0 Å². The lowest BCUT2D eigenvalue weighted by atomic mass is 9.96. The molecule has 0 saturated carbocycles. The highest BCUT2D eigenvalue weighted by atomic mass is 79.9. The molecule has 2 fully saturated rings. The third-order valence-corrected chi connectivity index (χ3v) is 6.77. The number of hydrogen-bond donors (Lipinski definition) is 2. The third-order valence-electron chi connectivity index (χ3n) is 6.02. The Balaban J connectivity index is 1.26. The molecule has 4 rings (SSSR count). The number of fused-ring (bicyclic) bond motifs is 2. The summed E-state index contributed by atoms with van der Waals surface area (Å²) < 4.78 is 0.834. The molecule has 2 aliphatic heterocycles. The molecule has 0 aromatic heterocycles. The van der Waals surface area contributed by atoms with E-state index in [1.54, 1.807) is 18.2 Å². The lowest BCUT2D eigenvalue weighted by molar-refractivity contribution is -0.121. The fraction of sp³-hybridized carbons (Fsp3) is 0.391. The quantitative estimate of drug-likeness (QED) is 0.640. The minimum absolute atomic E-state index is 0.00826. The maximum Gasteiger partial charge on any atom is 0.251 e. The van der Waals surface area contributed by atoms with Crippen LogP contribution in [0.5, 0.6) is 0 Å². The van der Waals surface area contributed by atoms with Crippen LogP contribution in [0.2, 0.25) is 5.02 Å². The summed E-state index contributed by atoms with van der Waals surface area (Å²) in [6.07, 6.45) is 4.25. The standard InChI is InChI=1S/C23H25BrClN3O2/c24-17-3-1-2-16(10-17)23(30)26-13-22(29)27-19-11-20-8-9-21(12-19)28(20)14-15-4-6-18(25)7-5-15/h1-7,10,19-21H,8-9,11-14H2,(H,26,30)(H,27,29). The van der Waals surface area contributed by atoms with E-state index in [1.807, 2.05) is 18.2 Å². The molecule has 0 radical (unpaired) electrons. The number of carbonyl (C=O) groups is 2. The van der Waals surface area contributed by atoms with E-state index < -0.39 is 0 Å². The van der Waals surface area contributed by atoms with E-state index >= 15 is 0 Å². The van der Waals surface area contributed by atoms with Gasteiger partial charge in [0.15, 0.2) is 0 Å². The lowest BCUT2D eigenvalue weighted by Crippen LogP contribution is -2.51. The first-order chi connectivity index (χ1) is 14.5. The van der Waals surface area contributed by atoms with Crippen LogP contribution in [0.1, 0.15) is 41.6 Å². The summed E-state index contributed by atoms with van der Waals surface area (Å²) in [6.45, 7) is 0.918. The number of carbonyl (C=O) groups excluding carboxylic acids is 2. The Bertz CT molecular complexity index is 907. The van der Waals surface area contributed by atoms with Crippen LogP contribution in [0.25, 0.3) is 0 Å². The van der Waals surface area contributed by atoms with Gasteiger partial charge in [0.2, 0.25) is 5.91 Å². The zero-order chi connectivity index (χ0) is 21.1. The number of nitrogens with one attached hydrogen (secondary N) is 2. The lowest BCUT2D eigenvalue weighted by Gasteiger charge is -2.39. The monoisotopic (exact) mass is 489 g/mol. The van der Waals surface area contributed by atoms with Crippen LogP contribution in [-0.4, -0.2) is 41.4 Å². The Hall–Kier alpha value is -1.89. The van der Waals surface area contributed by atoms with Crippen molar-refractivity contribution >= 4 is 39.3 Å². The molecule has 2 atom stereocenters. The van der Waals surface area contributed by atoms with Crippen molar-refractivity contribution in [1.29, 1.82) is 0 Å². The molecule has 2 saturated heterocycles. The number of nitrogens with zero attached hydrogens (tertiary/aromatic N) is 1. The van der Waals surface area contributed by atoms with E-state index in [0.29, 0.717) is 17.6 Å². The largest absolute Gasteiger partial charge is 0.352 e. The molecule has 0 spiro atoms. The van der Waals surface area contributed by atoms with Crippen LogP contribution < -0.4 is 10.6 Å². The molecule has 158 valence electrons. The van der Waals surface area contributed by atoms with Gasteiger partial charge in [-0.3, -0.25) is 14.5 Å². The highest BCUT2D eigenvalue weighted by Gasteiger charge is 2.40. The number of halogens is 2. The highest BCUT2D eigenvalue weighted by molar-refractivity contribution is 9.10. The first-order valence-corrected chi connectivity index (χ1v) is 11.5. The van der Waals surface area contributed by atoms with E-state index in [1.165, 1.54) is 18.4 Å². The smallest absolute Gasteiger partial charge is 0.251 e. The first kappa shape index (κ1) is 21.3. The molecule has 7 heteroatoms. The second-order valence-corrected chi connectivity index (χ2v) is 9.46. The maximum absolute atomic E-state index is 12.4. The predicted molar refractivity (Wildman–Crippen MR) is 121 cm³/mol. The van der Waals surface area contributed by atoms with Crippen molar-refractivity contribution in [2.24, 2.45) is 0 Å². The summed E-state index contributed by atoms with van der Waals surface area (Å²) in [7, 11) is 0. The minimum atomic E-state index is -0.246. The minimum Gasteiger partial charge on any atom is -0.352 e. The second kappa shape index (κ2) is 9.50. The van der Waals surface area contributed by atoms with Crippen molar-refractivity contribution in [2.75, 3.05) is 6.54 Å². The molecule has 2 aromatic rings. The summed E-state index contributed by atoms with van der Waals surface area (Å²) >= 11 is 9.35. The van der Waals surface area contributed by atoms with Gasteiger partial charge < -0.3 is 10.6 Å². The van der Waals surface area contributed by atoms with Gasteiger partial charge in [0, 0.05) is 39.7 Å². The Labute approximate surface area is 190 Å². The highest BCUT2D eigenvalue weighted by Crippen LogP contribution is 2.36. The maximum atomic E-state index is 12.4. The second-order valence-electron chi connectivity index (χ2n) is 8.11. The summed E-state index contributed by atoms with van der Waals surface area (Å²) in [6, 6.07) is 16.3. The fourth-order valence-electron chi connectivity index (χ4n) is 4.62. The summed E-state index contributed by atoms with van der Waals surface area (Å²) in [5.74, 6) is -0.377. The molecule has 2 N–H and O–H groups in total. The number of piperidine rings is 1. The van der Waals surface area contributed by atoms with Crippen molar-refractivity contribution in [3.05, 3.63) is 69.2 Å².